The smallest absolute Gasteiger partial charge is 0.452 e. The first-order chi connectivity index (χ1) is 6.70. The molecule has 0 saturated heterocycles. The van der Waals surface area contributed by atoms with Crippen LogP contribution in [0.4, 0.5) is 13.2 Å². The molecule has 0 aromatic rings. The van der Waals surface area contributed by atoms with Crippen LogP contribution in [0.15, 0.2) is 0 Å². The number of hydrogen-bond acceptors (Lipinski definition) is 4. The number of ketones is 1. The Bertz CT molecular complexity index is 286. The molecule has 1 unspecified atom stereocenters. The summed E-state index contributed by atoms with van der Waals surface area (Å²) in [5.41, 5.74) is 0. The summed E-state index contributed by atoms with van der Waals surface area (Å²) in [6.45, 7) is 0.875. The van der Waals surface area contributed by atoms with Gasteiger partial charge in [0.15, 0.2) is 6.04 Å². The summed E-state index contributed by atoms with van der Waals surface area (Å²) in [5.74, 6) is -4.78. The Balaban J connectivity index is 4.87. The summed E-state index contributed by atoms with van der Waals surface area (Å²) in [7, 11) is 0.806. The summed E-state index contributed by atoms with van der Waals surface area (Å²) >= 11 is 0. The van der Waals surface area contributed by atoms with Gasteiger partial charge in [-0.05, 0) is 0 Å². The Hall–Kier alpha value is -1.60. The van der Waals surface area contributed by atoms with Crippen LogP contribution in [0.3, 0.4) is 0 Å². The van der Waals surface area contributed by atoms with Gasteiger partial charge in [-0.2, -0.15) is 13.2 Å². The molecule has 86 valence electrons. The van der Waals surface area contributed by atoms with Crippen molar-refractivity contribution >= 4 is 17.7 Å². The predicted octanol–water partition coefficient (Wildman–Crippen LogP) is -0.205. The summed E-state index contributed by atoms with van der Waals surface area (Å²) in [6.07, 6.45) is -5.21. The normalized spacial score (nSPS) is 12.9. The molecule has 0 aromatic carbocycles. The zero-order chi connectivity index (χ0) is 12.2. The molecule has 0 spiro atoms. The molecule has 0 aliphatic rings. The highest BCUT2D eigenvalue weighted by Gasteiger charge is 2.47. The third kappa shape index (κ3) is 3.96. The second-order valence-corrected chi connectivity index (χ2v) is 2.52. The van der Waals surface area contributed by atoms with Gasteiger partial charge >= 0.3 is 12.1 Å². The Morgan fingerprint density at radius 3 is 2.00 bits per heavy atom. The van der Waals surface area contributed by atoms with Crippen molar-refractivity contribution in [3.63, 3.8) is 0 Å². The lowest BCUT2D eigenvalue weighted by Crippen LogP contribution is -2.51. The molecule has 0 heterocycles. The molecule has 0 bridgehead atoms. The molecule has 0 radical (unpaired) electrons. The molecule has 0 aliphatic carbocycles. The third-order valence-corrected chi connectivity index (χ3v) is 1.33. The van der Waals surface area contributed by atoms with Gasteiger partial charge in [-0.3, -0.25) is 9.59 Å². The lowest BCUT2D eigenvalue weighted by Gasteiger charge is -2.15. The van der Waals surface area contributed by atoms with Crippen molar-refractivity contribution in [1.29, 1.82) is 0 Å². The lowest BCUT2D eigenvalue weighted by atomic mass is 10.2. The number of methoxy groups -OCH3 is 1. The minimum absolute atomic E-state index is 0.806. The molecule has 0 saturated carbocycles. The molecule has 0 rings (SSSR count). The maximum atomic E-state index is 11.9. The van der Waals surface area contributed by atoms with Crippen molar-refractivity contribution < 1.29 is 32.3 Å². The van der Waals surface area contributed by atoms with E-state index in [9.17, 15) is 27.6 Å². The van der Waals surface area contributed by atoms with E-state index in [0.717, 1.165) is 14.0 Å². The molecule has 8 heteroatoms. The van der Waals surface area contributed by atoms with Crippen LogP contribution >= 0.6 is 0 Å². The molecule has 1 amide bonds. The number of Topliss-reactive ketones (excluding diaryl/α,β-unsaturated/α-hetero) is 1. The van der Waals surface area contributed by atoms with Gasteiger partial charge in [0.05, 0.1) is 7.11 Å². The van der Waals surface area contributed by atoms with E-state index < -0.39 is 29.9 Å². The predicted molar refractivity (Wildman–Crippen MR) is 40.7 cm³/mol. The largest absolute Gasteiger partial charge is 0.467 e. The van der Waals surface area contributed by atoms with E-state index in [2.05, 4.69) is 4.74 Å². The summed E-state index contributed by atoms with van der Waals surface area (Å²) in [5, 5.41) is 1.55. The molecule has 0 aliphatic heterocycles. The zero-order valence-corrected chi connectivity index (χ0v) is 7.84. The summed E-state index contributed by atoms with van der Waals surface area (Å²) in [4.78, 5) is 31.9. The molecule has 1 atom stereocenters. The average molecular weight is 227 g/mol. The highest BCUT2D eigenvalue weighted by atomic mass is 19.4. The Kier molecular flexibility index (Phi) is 4.25. The third-order valence-electron chi connectivity index (χ3n) is 1.33. The van der Waals surface area contributed by atoms with Gasteiger partial charge < -0.3 is 10.1 Å². The maximum Gasteiger partial charge on any atom is 0.452 e. The number of amides is 1. The van der Waals surface area contributed by atoms with E-state index in [1.54, 1.807) is 5.32 Å². The zero-order valence-electron chi connectivity index (χ0n) is 7.84. The van der Waals surface area contributed by atoms with Crippen molar-refractivity contribution in [2.24, 2.45) is 0 Å². The van der Waals surface area contributed by atoms with Crippen LogP contribution in [0, 0.1) is 0 Å². The molecule has 0 aromatic heterocycles. The van der Waals surface area contributed by atoms with Crippen molar-refractivity contribution in [3.8, 4) is 0 Å². The van der Waals surface area contributed by atoms with E-state index in [-0.39, 0.29) is 0 Å². The van der Waals surface area contributed by atoms with Gasteiger partial charge in [-0.25, -0.2) is 4.79 Å². The minimum atomic E-state index is -5.21. The van der Waals surface area contributed by atoms with Gasteiger partial charge in [-0.15, -0.1) is 0 Å². The fraction of sp³-hybridized carbons (Fsp3) is 0.571. The number of carbonyl (C=O) groups is 3. The highest BCUT2D eigenvalue weighted by molar-refractivity contribution is 6.07. The van der Waals surface area contributed by atoms with Crippen molar-refractivity contribution in [2.45, 2.75) is 19.1 Å². The monoisotopic (exact) mass is 227 g/mol. The van der Waals surface area contributed by atoms with Crippen LogP contribution < -0.4 is 5.32 Å². The van der Waals surface area contributed by atoms with E-state index in [4.69, 9.17) is 0 Å². The standard InChI is InChI=1S/C7H8F3NO4/c1-3(12)11-4(6(14)15-2)5(13)7(8,9)10/h4H,1-2H3,(H,11,12). The van der Waals surface area contributed by atoms with E-state index in [0.29, 0.717) is 0 Å². The van der Waals surface area contributed by atoms with Gasteiger partial charge in [-0.1, -0.05) is 0 Å². The van der Waals surface area contributed by atoms with Crippen LogP contribution in [0.2, 0.25) is 0 Å². The summed E-state index contributed by atoms with van der Waals surface area (Å²) in [6, 6.07) is -2.34. The van der Waals surface area contributed by atoms with Crippen LogP contribution in [-0.4, -0.2) is 37.0 Å². The number of carbonyl (C=O) groups excluding carboxylic acids is 3. The minimum Gasteiger partial charge on any atom is -0.467 e. The maximum absolute atomic E-state index is 11.9. The van der Waals surface area contributed by atoms with Crippen molar-refractivity contribution in [3.05, 3.63) is 0 Å². The quantitative estimate of drug-likeness (QED) is 0.535. The Labute approximate surface area is 82.6 Å². The second kappa shape index (κ2) is 4.76. The number of nitrogens with one attached hydrogen (secondary N) is 1. The first kappa shape index (κ1) is 13.4. The number of ether oxygens (including phenoxy) is 1. The first-order valence-electron chi connectivity index (χ1n) is 3.66. The number of esters is 1. The van der Waals surface area contributed by atoms with E-state index in [1.807, 2.05) is 0 Å². The van der Waals surface area contributed by atoms with Gasteiger partial charge in [0.1, 0.15) is 0 Å². The first-order valence-corrected chi connectivity index (χ1v) is 3.66. The van der Waals surface area contributed by atoms with E-state index in [1.165, 1.54) is 0 Å². The van der Waals surface area contributed by atoms with Crippen LogP contribution in [0.25, 0.3) is 0 Å². The molecule has 0 fully saturated rings. The average Bonchev–Trinajstić information content (AvgIpc) is 2.10. The SMILES string of the molecule is COC(=O)C(NC(C)=O)C(=O)C(F)(F)F. The topological polar surface area (TPSA) is 72.5 Å². The van der Waals surface area contributed by atoms with Gasteiger partial charge in [0.2, 0.25) is 5.91 Å². The number of halogens is 3. The van der Waals surface area contributed by atoms with Gasteiger partial charge in [0, 0.05) is 6.92 Å². The molecular weight excluding hydrogens is 219 g/mol. The Morgan fingerprint density at radius 1 is 1.27 bits per heavy atom. The number of hydrogen-bond donors (Lipinski definition) is 1. The molecule has 1 N–H and O–H groups in total. The van der Waals surface area contributed by atoms with Crippen LogP contribution in [0.1, 0.15) is 6.92 Å². The second-order valence-electron chi connectivity index (χ2n) is 2.52. The molecule has 5 nitrogen and oxygen atoms in total. The van der Waals surface area contributed by atoms with E-state index >= 15 is 0 Å². The fourth-order valence-corrected chi connectivity index (χ4v) is 0.716. The lowest BCUT2D eigenvalue weighted by molar-refractivity contribution is -0.177. The highest BCUT2D eigenvalue weighted by Crippen LogP contribution is 2.18. The number of alkyl halides is 3. The summed E-state index contributed by atoms with van der Waals surface area (Å²) < 4.78 is 39.8. The van der Waals surface area contributed by atoms with Gasteiger partial charge in [0.25, 0.3) is 5.78 Å². The van der Waals surface area contributed by atoms with Crippen molar-refractivity contribution in [2.75, 3.05) is 7.11 Å². The van der Waals surface area contributed by atoms with Crippen molar-refractivity contribution in [1.82, 2.24) is 5.32 Å². The van der Waals surface area contributed by atoms with Crippen LogP contribution in [-0.2, 0) is 19.1 Å². The number of rotatable bonds is 3. The molecular formula is C7H8F3NO4. The van der Waals surface area contributed by atoms with Crippen LogP contribution in [0.5, 0.6) is 0 Å². The fourth-order valence-electron chi connectivity index (χ4n) is 0.716. The Morgan fingerprint density at radius 2 is 1.73 bits per heavy atom. The molecule has 15 heavy (non-hydrogen) atoms.